The van der Waals surface area contributed by atoms with Crippen molar-refractivity contribution in [3.63, 3.8) is 0 Å². The first-order valence-electron chi connectivity index (χ1n) is 3.94. The van der Waals surface area contributed by atoms with Crippen molar-refractivity contribution in [1.82, 2.24) is 0 Å². The van der Waals surface area contributed by atoms with Gasteiger partial charge in [0.2, 0.25) is 0 Å². The summed E-state index contributed by atoms with van der Waals surface area (Å²) in [5.41, 5.74) is 0.526. The molecular weight excluding hydrogens is 171 g/mol. The number of phenolic OH excluding ortho intramolecular Hbond substituents is 1. The average Bonchev–Trinajstić information content (AvgIpc) is 1.99. The topological polar surface area (TPSA) is 40.5 Å². The van der Waals surface area contributed by atoms with Crippen LogP contribution in [0.1, 0.15) is 12.5 Å². The monoisotopic (exact) mass is 182 g/mol. The lowest BCUT2D eigenvalue weighted by Gasteiger charge is -1.97. The third kappa shape index (κ3) is 3.25. The summed E-state index contributed by atoms with van der Waals surface area (Å²) in [5.74, 6) is -0.615. The van der Waals surface area contributed by atoms with Crippen LogP contribution >= 0.6 is 0 Å². The number of phenols is 1. The zero-order valence-corrected chi connectivity index (χ0v) is 7.24. The number of aromatic hydroxyl groups is 1. The fourth-order valence-corrected chi connectivity index (χ4v) is 0.943. The summed E-state index contributed by atoms with van der Waals surface area (Å²) >= 11 is 0. The van der Waals surface area contributed by atoms with Gasteiger partial charge < -0.3 is 10.2 Å². The Hall–Kier alpha value is -1.35. The van der Waals surface area contributed by atoms with Gasteiger partial charge in [0.05, 0.1) is 6.10 Å². The summed E-state index contributed by atoms with van der Waals surface area (Å²) in [6, 6.07) is 3.72. The van der Waals surface area contributed by atoms with E-state index in [-0.39, 0.29) is 5.75 Å². The summed E-state index contributed by atoms with van der Waals surface area (Å²) < 4.78 is 12.7. The van der Waals surface area contributed by atoms with Crippen molar-refractivity contribution in [2.45, 2.75) is 13.0 Å². The molecule has 0 radical (unpaired) electrons. The van der Waals surface area contributed by atoms with Gasteiger partial charge >= 0.3 is 0 Å². The van der Waals surface area contributed by atoms with E-state index in [9.17, 15) is 4.39 Å². The lowest BCUT2D eigenvalue weighted by molar-refractivity contribution is 0.245. The van der Waals surface area contributed by atoms with Gasteiger partial charge in [-0.25, -0.2) is 4.39 Å². The van der Waals surface area contributed by atoms with Crippen LogP contribution < -0.4 is 0 Å². The largest absolute Gasteiger partial charge is 0.508 e. The van der Waals surface area contributed by atoms with Gasteiger partial charge in [-0.2, -0.15) is 0 Å². The molecule has 0 amide bonds. The molecule has 0 saturated heterocycles. The van der Waals surface area contributed by atoms with E-state index < -0.39 is 11.9 Å². The number of hydrogen-bond acceptors (Lipinski definition) is 2. The van der Waals surface area contributed by atoms with Crippen LogP contribution in [0.2, 0.25) is 0 Å². The van der Waals surface area contributed by atoms with Crippen molar-refractivity contribution in [2.24, 2.45) is 0 Å². The maximum absolute atomic E-state index is 12.7. The van der Waals surface area contributed by atoms with Crippen LogP contribution in [0.5, 0.6) is 5.75 Å². The van der Waals surface area contributed by atoms with Crippen LogP contribution in [0.25, 0.3) is 6.08 Å². The lowest BCUT2D eigenvalue weighted by Crippen LogP contribution is -1.91. The molecule has 0 heterocycles. The smallest absolute Gasteiger partial charge is 0.127 e. The number of rotatable bonds is 2. The Morgan fingerprint density at radius 2 is 2.08 bits per heavy atom. The molecule has 1 rings (SSSR count). The van der Waals surface area contributed by atoms with Crippen molar-refractivity contribution in [2.75, 3.05) is 0 Å². The highest BCUT2D eigenvalue weighted by atomic mass is 19.1. The molecule has 0 aliphatic carbocycles. The van der Waals surface area contributed by atoms with Crippen LogP contribution in [0.4, 0.5) is 4.39 Å². The first-order chi connectivity index (χ1) is 6.08. The molecule has 1 unspecified atom stereocenters. The van der Waals surface area contributed by atoms with Gasteiger partial charge in [0.1, 0.15) is 11.6 Å². The standard InChI is InChI=1S/C10H11FO2/c1-7(12)2-3-8-4-9(11)6-10(13)5-8/h2-7,12-13H,1H3/b3-2+. The molecule has 0 saturated carbocycles. The first-order valence-corrected chi connectivity index (χ1v) is 3.94. The number of benzene rings is 1. The highest BCUT2D eigenvalue weighted by Gasteiger charge is 1.96. The van der Waals surface area contributed by atoms with Gasteiger partial charge in [-0.1, -0.05) is 12.2 Å². The Balaban J connectivity index is 2.89. The Kier molecular flexibility index (Phi) is 3.03. The average molecular weight is 182 g/mol. The Labute approximate surface area is 76.0 Å². The van der Waals surface area contributed by atoms with Gasteiger partial charge in [-0.05, 0) is 24.6 Å². The quantitative estimate of drug-likeness (QED) is 0.733. The van der Waals surface area contributed by atoms with Crippen molar-refractivity contribution in [1.29, 1.82) is 0 Å². The molecule has 0 fully saturated rings. The Morgan fingerprint density at radius 1 is 1.38 bits per heavy atom. The molecule has 1 aromatic carbocycles. The predicted octanol–water partition coefficient (Wildman–Crippen LogP) is 1.93. The maximum atomic E-state index is 12.7. The minimum absolute atomic E-state index is 0.120. The second-order valence-corrected chi connectivity index (χ2v) is 2.84. The van der Waals surface area contributed by atoms with E-state index in [1.165, 1.54) is 18.2 Å². The van der Waals surface area contributed by atoms with E-state index in [0.29, 0.717) is 5.56 Å². The van der Waals surface area contributed by atoms with Crippen LogP contribution in [0.3, 0.4) is 0 Å². The summed E-state index contributed by atoms with van der Waals surface area (Å²) in [5, 5.41) is 17.9. The van der Waals surface area contributed by atoms with Crippen molar-refractivity contribution < 1.29 is 14.6 Å². The fraction of sp³-hybridized carbons (Fsp3) is 0.200. The zero-order valence-electron chi connectivity index (χ0n) is 7.24. The van der Waals surface area contributed by atoms with Gasteiger partial charge in [0, 0.05) is 6.07 Å². The van der Waals surface area contributed by atoms with Crippen LogP contribution in [0.15, 0.2) is 24.3 Å². The highest BCUT2D eigenvalue weighted by Crippen LogP contribution is 2.15. The van der Waals surface area contributed by atoms with E-state index in [2.05, 4.69) is 0 Å². The first kappa shape index (κ1) is 9.74. The second kappa shape index (κ2) is 4.05. The predicted molar refractivity (Wildman–Crippen MR) is 48.8 cm³/mol. The summed E-state index contributed by atoms with van der Waals surface area (Å²) in [4.78, 5) is 0. The van der Waals surface area contributed by atoms with Crippen LogP contribution in [-0.4, -0.2) is 16.3 Å². The number of halogens is 1. The Bertz CT molecular complexity index is 298. The molecule has 2 nitrogen and oxygen atoms in total. The molecule has 70 valence electrons. The van der Waals surface area contributed by atoms with E-state index >= 15 is 0 Å². The molecular formula is C10H11FO2. The SMILES string of the molecule is CC(O)/C=C/c1cc(O)cc(F)c1. The van der Waals surface area contributed by atoms with Crippen molar-refractivity contribution in [3.05, 3.63) is 35.7 Å². The van der Waals surface area contributed by atoms with Crippen LogP contribution in [0, 0.1) is 5.82 Å². The molecule has 1 aromatic rings. The van der Waals surface area contributed by atoms with E-state index in [0.717, 1.165) is 6.07 Å². The third-order valence-corrected chi connectivity index (χ3v) is 1.47. The highest BCUT2D eigenvalue weighted by molar-refractivity contribution is 5.52. The van der Waals surface area contributed by atoms with E-state index in [4.69, 9.17) is 10.2 Å². The third-order valence-electron chi connectivity index (χ3n) is 1.47. The molecule has 2 N–H and O–H groups in total. The number of aliphatic hydroxyl groups excluding tert-OH is 1. The fourth-order valence-electron chi connectivity index (χ4n) is 0.943. The van der Waals surface area contributed by atoms with E-state index in [1.807, 2.05) is 0 Å². The summed E-state index contributed by atoms with van der Waals surface area (Å²) in [6.07, 6.45) is 2.48. The van der Waals surface area contributed by atoms with Crippen molar-refractivity contribution in [3.8, 4) is 5.75 Å². The van der Waals surface area contributed by atoms with Gasteiger partial charge in [0.25, 0.3) is 0 Å². The molecule has 0 aliphatic rings. The molecule has 13 heavy (non-hydrogen) atoms. The molecule has 0 spiro atoms. The maximum Gasteiger partial charge on any atom is 0.127 e. The molecule has 1 atom stereocenters. The summed E-state index contributed by atoms with van der Waals surface area (Å²) in [7, 11) is 0. The molecule has 0 bridgehead atoms. The molecule has 3 heteroatoms. The molecule has 0 aromatic heterocycles. The van der Waals surface area contributed by atoms with Crippen molar-refractivity contribution >= 4 is 6.08 Å². The minimum Gasteiger partial charge on any atom is -0.508 e. The normalized spacial score (nSPS) is 13.5. The zero-order chi connectivity index (χ0) is 9.84. The number of hydrogen-bond donors (Lipinski definition) is 2. The Morgan fingerprint density at radius 3 is 2.62 bits per heavy atom. The summed E-state index contributed by atoms with van der Waals surface area (Å²) in [6.45, 7) is 1.59. The van der Waals surface area contributed by atoms with Gasteiger partial charge in [-0.3, -0.25) is 0 Å². The van der Waals surface area contributed by atoms with Gasteiger partial charge in [-0.15, -0.1) is 0 Å². The molecule has 0 aliphatic heterocycles. The lowest BCUT2D eigenvalue weighted by atomic mass is 10.2. The van der Waals surface area contributed by atoms with E-state index in [1.54, 1.807) is 13.0 Å². The van der Waals surface area contributed by atoms with Crippen LogP contribution in [-0.2, 0) is 0 Å². The number of aliphatic hydroxyl groups is 1. The van der Waals surface area contributed by atoms with Gasteiger partial charge in [0.15, 0.2) is 0 Å². The minimum atomic E-state index is -0.578. The second-order valence-electron chi connectivity index (χ2n) is 2.84.